The number of hydrogen-bond donors (Lipinski definition) is 1. The fraction of sp³-hybridized carbons (Fsp3) is 0.240. The number of nitrogens with zero attached hydrogens (tertiary/aromatic N) is 2. The highest BCUT2D eigenvalue weighted by atomic mass is 35.5. The number of ketones is 1. The van der Waals surface area contributed by atoms with Crippen LogP contribution < -0.4 is 5.32 Å². The van der Waals surface area contributed by atoms with Crippen LogP contribution in [0.2, 0.25) is 10.0 Å². The van der Waals surface area contributed by atoms with Gasteiger partial charge in [0.05, 0.1) is 12.3 Å². The van der Waals surface area contributed by atoms with Gasteiger partial charge >= 0.3 is 0 Å². The zero-order valence-electron chi connectivity index (χ0n) is 17.6. The number of carbonyl (C=O) groups excluding carboxylic acids is 1. The summed E-state index contributed by atoms with van der Waals surface area (Å²) in [6, 6.07) is 16.4. The van der Waals surface area contributed by atoms with Crippen LogP contribution in [-0.2, 0) is 22.4 Å². The SMILES string of the molecule is COCCNc1ccc(C2=N[C@@H](Cc3ccccc3Cl)C(=O)Cc3ccc(Cl)cc32)cn1. The lowest BCUT2D eigenvalue weighted by molar-refractivity contribution is -0.119. The second-order valence-corrected chi connectivity index (χ2v) is 8.43. The van der Waals surface area contributed by atoms with Crippen LogP contribution in [0.1, 0.15) is 22.3 Å². The van der Waals surface area contributed by atoms with Crippen molar-refractivity contribution in [1.82, 2.24) is 4.98 Å². The number of aliphatic imine (C=N–C) groups is 1. The van der Waals surface area contributed by atoms with Gasteiger partial charge in [0, 0.05) is 53.9 Å². The van der Waals surface area contributed by atoms with Crippen LogP contribution in [0.3, 0.4) is 0 Å². The largest absolute Gasteiger partial charge is 0.383 e. The van der Waals surface area contributed by atoms with Gasteiger partial charge in [-0.1, -0.05) is 47.5 Å². The Morgan fingerprint density at radius 3 is 2.72 bits per heavy atom. The van der Waals surface area contributed by atoms with E-state index in [0.29, 0.717) is 41.8 Å². The van der Waals surface area contributed by atoms with Gasteiger partial charge in [-0.15, -0.1) is 0 Å². The second kappa shape index (κ2) is 10.3. The Hall–Kier alpha value is -2.73. The molecule has 0 bridgehead atoms. The summed E-state index contributed by atoms with van der Waals surface area (Å²) in [7, 11) is 1.66. The van der Waals surface area contributed by atoms with Gasteiger partial charge in [-0.2, -0.15) is 0 Å². The minimum Gasteiger partial charge on any atom is -0.383 e. The van der Waals surface area contributed by atoms with Gasteiger partial charge in [-0.25, -0.2) is 4.98 Å². The highest BCUT2D eigenvalue weighted by Crippen LogP contribution is 2.27. The molecule has 0 unspecified atom stereocenters. The summed E-state index contributed by atoms with van der Waals surface area (Å²) in [6.45, 7) is 1.25. The fourth-order valence-electron chi connectivity index (χ4n) is 3.71. The first-order valence-corrected chi connectivity index (χ1v) is 11.1. The zero-order valence-corrected chi connectivity index (χ0v) is 19.2. The molecule has 1 atom stereocenters. The lowest BCUT2D eigenvalue weighted by atomic mass is 9.95. The Balaban J connectivity index is 1.72. The fourth-order valence-corrected chi connectivity index (χ4v) is 4.09. The van der Waals surface area contributed by atoms with Crippen LogP contribution >= 0.6 is 23.2 Å². The molecule has 0 saturated heterocycles. The van der Waals surface area contributed by atoms with Gasteiger partial charge in [0.25, 0.3) is 0 Å². The van der Waals surface area contributed by atoms with Gasteiger partial charge in [-0.05, 0) is 41.5 Å². The van der Waals surface area contributed by atoms with E-state index in [1.807, 2.05) is 48.5 Å². The highest BCUT2D eigenvalue weighted by molar-refractivity contribution is 6.32. The summed E-state index contributed by atoms with van der Waals surface area (Å²) < 4.78 is 5.06. The summed E-state index contributed by atoms with van der Waals surface area (Å²) in [5.41, 5.74) is 4.19. The van der Waals surface area contributed by atoms with Crippen molar-refractivity contribution in [3.05, 3.63) is 93.1 Å². The number of nitrogens with one attached hydrogen (secondary N) is 1. The van der Waals surface area contributed by atoms with Crippen molar-refractivity contribution >= 4 is 40.5 Å². The first kappa shape index (κ1) is 22.5. The predicted molar refractivity (Wildman–Crippen MR) is 129 cm³/mol. The van der Waals surface area contributed by atoms with Gasteiger partial charge in [-0.3, -0.25) is 9.79 Å². The number of anilines is 1. The summed E-state index contributed by atoms with van der Waals surface area (Å²) in [5.74, 6) is 0.796. The molecular formula is C25H23Cl2N3O2. The Morgan fingerprint density at radius 2 is 1.97 bits per heavy atom. The Morgan fingerprint density at radius 1 is 1.12 bits per heavy atom. The van der Waals surface area contributed by atoms with Crippen LogP contribution in [0.4, 0.5) is 5.82 Å². The van der Waals surface area contributed by atoms with E-state index in [1.54, 1.807) is 19.4 Å². The maximum absolute atomic E-state index is 13.1. The third-order valence-electron chi connectivity index (χ3n) is 5.37. The predicted octanol–water partition coefficient (Wildman–Crippen LogP) is 5.02. The van der Waals surface area contributed by atoms with Crippen molar-refractivity contribution < 1.29 is 9.53 Å². The number of carbonyl (C=O) groups is 1. The average Bonchev–Trinajstić information content (AvgIpc) is 2.92. The number of hydrogen-bond acceptors (Lipinski definition) is 5. The Labute approximate surface area is 197 Å². The van der Waals surface area contributed by atoms with E-state index >= 15 is 0 Å². The molecule has 0 radical (unpaired) electrons. The summed E-state index contributed by atoms with van der Waals surface area (Å²) in [4.78, 5) is 22.6. The molecule has 2 heterocycles. The number of aromatic nitrogens is 1. The molecule has 0 spiro atoms. The van der Waals surface area contributed by atoms with E-state index in [0.717, 1.165) is 28.1 Å². The third-order valence-corrected chi connectivity index (χ3v) is 5.97. The minimum absolute atomic E-state index is 0.0503. The standard InChI is InChI=1S/C25H23Cl2N3O2/c1-32-11-10-28-24-9-7-18(15-29-24)25-20-14-19(26)8-6-16(20)13-23(31)22(30-25)12-17-4-2-3-5-21(17)27/h2-9,14-15,22H,10-13H2,1H3,(H,28,29)/t22-/m0/s1. The minimum atomic E-state index is -0.546. The molecule has 0 amide bonds. The number of methoxy groups -OCH3 is 1. The number of halogens is 2. The molecule has 164 valence electrons. The molecule has 0 aliphatic carbocycles. The van der Waals surface area contributed by atoms with Crippen molar-refractivity contribution in [3.8, 4) is 0 Å². The van der Waals surface area contributed by atoms with E-state index in [1.165, 1.54) is 0 Å². The molecule has 1 aromatic heterocycles. The first-order chi connectivity index (χ1) is 15.5. The monoisotopic (exact) mass is 467 g/mol. The van der Waals surface area contributed by atoms with Gasteiger partial charge in [0.1, 0.15) is 11.9 Å². The molecule has 3 aromatic rings. The molecule has 7 heteroatoms. The number of Topliss-reactive ketones (excluding diaryl/α,β-unsaturated/α-hetero) is 1. The van der Waals surface area contributed by atoms with Crippen LogP contribution in [0.5, 0.6) is 0 Å². The summed E-state index contributed by atoms with van der Waals surface area (Å²) in [5, 5.41) is 4.44. The average molecular weight is 468 g/mol. The van der Waals surface area contributed by atoms with Crippen molar-refractivity contribution in [1.29, 1.82) is 0 Å². The van der Waals surface area contributed by atoms with Gasteiger partial charge < -0.3 is 10.1 Å². The number of rotatable bonds is 7. The molecule has 5 nitrogen and oxygen atoms in total. The zero-order chi connectivity index (χ0) is 22.5. The quantitative estimate of drug-likeness (QED) is 0.495. The second-order valence-electron chi connectivity index (χ2n) is 7.59. The molecule has 1 N–H and O–H groups in total. The van der Waals surface area contributed by atoms with E-state index in [-0.39, 0.29) is 5.78 Å². The highest BCUT2D eigenvalue weighted by Gasteiger charge is 2.27. The molecule has 1 aliphatic rings. The van der Waals surface area contributed by atoms with Crippen molar-refractivity contribution in [2.24, 2.45) is 4.99 Å². The van der Waals surface area contributed by atoms with Crippen molar-refractivity contribution in [2.45, 2.75) is 18.9 Å². The Kier molecular flexibility index (Phi) is 7.20. The van der Waals surface area contributed by atoms with Crippen molar-refractivity contribution in [2.75, 3.05) is 25.6 Å². The molecular weight excluding hydrogens is 445 g/mol. The maximum atomic E-state index is 13.1. The Bertz CT molecular complexity index is 1150. The molecule has 2 aromatic carbocycles. The lowest BCUT2D eigenvalue weighted by Gasteiger charge is -2.13. The maximum Gasteiger partial charge on any atom is 0.162 e. The summed E-state index contributed by atoms with van der Waals surface area (Å²) in [6.07, 6.45) is 2.49. The van der Waals surface area contributed by atoms with Crippen molar-refractivity contribution in [3.63, 3.8) is 0 Å². The van der Waals surface area contributed by atoms with Gasteiger partial charge in [0.15, 0.2) is 5.78 Å². The molecule has 1 aliphatic heterocycles. The van der Waals surface area contributed by atoms with E-state index in [2.05, 4.69) is 10.3 Å². The van der Waals surface area contributed by atoms with Crippen LogP contribution in [0.25, 0.3) is 0 Å². The van der Waals surface area contributed by atoms with E-state index in [4.69, 9.17) is 32.9 Å². The summed E-state index contributed by atoms with van der Waals surface area (Å²) >= 11 is 12.7. The number of benzene rings is 2. The normalized spacial score (nSPS) is 15.7. The van der Waals surface area contributed by atoms with E-state index < -0.39 is 6.04 Å². The van der Waals surface area contributed by atoms with Gasteiger partial charge in [0.2, 0.25) is 0 Å². The number of pyridine rings is 1. The lowest BCUT2D eigenvalue weighted by Crippen LogP contribution is -2.23. The van der Waals surface area contributed by atoms with Crippen LogP contribution in [0, 0.1) is 0 Å². The number of fused-ring (bicyclic) bond motifs is 1. The smallest absolute Gasteiger partial charge is 0.162 e. The first-order valence-electron chi connectivity index (χ1n) is 10.4. The topological polar surface area (TPSA) is 63.6 Å². The number of ether oxygens (including phenoxy) is 1. The third kappa shape index (κ3) is 5.18. The molecule has 4 rings (SSSR count). The van der Waals surface area contributed by atoms with E-state index in [9.17, 15) is 4.79 Å². The molecule has 0 saturated carbocycles. The van der Waals surface area contributed by atoms with Crippen LogP contribution in [0.15, 0.2) is 65.8 Å². The molecule has 32 heavy (non-hydrogen) atoms. The van der Waals surface area contributed by atoms with Crippen LogP contribution in [-0.4, -0.2) is 42.8 Å². The molecule has 0 fully saturated rings.